The number of likely N-dealkylation sites (N-methyl/N-ethyl adjacent to an activating group) is 1. The Bertz CT molecular complexity index is 238. The highest BCUT2D eigenvalue weighted by atomic mass is 16.2. The Morgan fingerprint density at radius 2 is 1.75 bits per heavy atom. The maximum atomic E-state index is 11.9. The molecule has 0 aromatic rings. The average molecular weight is 224 g/mol. The maximum Gasteiger partial charge on any atom is 0.246 e. The van der Waals surface area contributed by atoms with Crippen LogP contribution in [0.1, 0.15) is 26.7 Å². The second-order valence-electron chi connectivity index (χ2n) is 4.56. The van der Waals surface area contributed by atoms with Gasteiger partial charge < -0.3 is 9.80 Å². The van der Waals surface area contributed by atoms with Gasteiger partial charge in [0.1, 0.15) is 0 Å². The number of carbonyl (C=O) groups is 1. The van der Waals surface area contributed by atoms with Crippen LogP contribution in [0.15, 0.2) is 12.2 Å². The minimum Gasteiger partial charge on any atom is -0.337 e. The second-order valence-corrected chi connectivity index (χ2v) is 4.56. The normalized spacial score (nSPS) is 18.6. The van der Waals surface area contributed by atoms with E-state index in [9.17, 15) is 4.79 Å². The molecule has 0 atom stereocenters. The third kappa shape index (κ3) is 3.97. The predicted molar refractivity (Wildman–Crippen MR) is 67.3 cm³/mol. The average Bonchev–Trinajstić information content (AvgIpc) is 2.31. The summed E-state index contributed by atoms with van der Waals surface area (Å²) in [6, 6.07) is 0. The molecule has 0 spiro atoms. The van der Waals surface area contributed by atoms with Crippen LogP contribution in [-0.2, 0) is 4.79 Å². The lowest BCUT2D eigenvalue weighted by atomic mass is 10.0. The molecule has 0 aromatic carbocycles. The monoisotopic (exact) mass is 224 g/mol. The fourth-order valence-corrected chi connectivity index (χ4v) is 1.91. The van der Waals surface area contributed by atoms with Crippen LogP contribution in [0, 0.1) is 5.92 Å². The van der Waals surface area contributed by atoms with Gasteiger partial charge in [0, 0.05) is 26.2 Å². The van der Waals surface area contributed by atoms with Crippen molar-refractivity contribution in [1.82, 2.24) is 9.80 Å². The van der Waals surface area contributed by atoms with Gasteiger partial charge in [-0.2, -0.15) is 0 Å². The van der Waals surface area contributed by atoms with Crippen molar-refractivity contribution in [3.63, 3.8) is 0 Å². The first-order valence-corrected chi connectivity index (χ1v) is 6.33. The Morgan fingerprint density at radius 3 is 2.25 bits per heavy atom. The number of rotatable bonds is 4. The van der Waals surface area contributed by atoms with Crippen molar-refractivity contribution in [3.8, 4) is 0 Å². The zero-order chi connectivity index (χ0) is 12.0. The first kappa shape index (κ1) is 13.2. The molecule has 16 heavy (non-hydrogen) atoms. The van der Waals surface area contributed by atoms with Crippen LogP contribution >= 0.6 is 0 Å². The van der Waals surface area contributed by atoms with Crippen LogP contribution < -0.4 is 0 Å². The molecule has 1 rings (SSSR count). The molecule has 0 bridgehead atoms. The van der Waals surface area contributed by atoms with Crippen LogP contribution in [-0.4, -0.2) is 48.9 Å². The van der Waals surface area contributed by atoms with Crippen molar-refractivity contribution in [2.24, 2.45) is 5.92 Å². The first-order chi connectivity index (χ1) is 7.67. The van der Waals surface area contributed by atoms with Crippen molar-refractivity contribution >= 4 is 5.91 Å². The van der Waals surface area contributed by atoms with Crippen LogP contribution in [0.4, 0.5) is 0 Å². The van der Waals surface area contributed by atoms with E-state index in [4.69, 9.17) is 0 Å². The van der Waals surface area contributed by atoms with Crippen molar-refractivity contribution in [2.75, 3.05) is 33.2 Å². The molecule has 0 saturated carbocycles. The Hall–Kier alpha value is -0.830. The third-order valence-corrected chi connectivity index (χ3v) is 3.37. The van der Waals surface area contributed by atoms with E-state index < -0.39 is 0 Å². The number of carbonyl (C=O) groups excluding carboxylic acids is 1. The van der Waals surface area contributed by atoms with Gasteiger partial charge in [0.05, 0.1) is 0 Å². The second kappa shape index (κ2) is 6.69. The molecule has 1 amide bonds. The Labute approximate surface area is 99.1 Å². The summed E-state index contributed by atoms with van der Waals surface area (Å²) < 4.78 is 0. The lowest BCUT2D eigenvalue weighted by Crippen LogP contribution is -2.46. The van der Waals surface area contributed by atoms with Gasteiger partial charge in [0.2, 0.25) is 5.91 Å². The molecule has 1 saturated heterocycles. The Morgan fingerprint density at radius 1 is 1.19 bits per heavy atom. The molecular formula is C13H24N2O. The van der Waals surface area contributed by atoms with Crippen molar-refractivity contribution in [1.29, 1.82) is 0 Å². The molecule has 1 heterocycles. The van der Waals surface area contributed by atoms with E-state index in [-0.39, 0.29) is 5.91 Å². The van der Waals surface area contributed by atoms with E-state index in [1.54, 1.807) is 6.08 Å². The van der Waals surface area contributed by atoms with Crippen molar-refractivity contribution < 1.29 is 4.79 Å². The lowest BCUT2D eigenvalue weighted by molar-refractivity contribution is -0.127. The fourth-order valence-electron chi connectivity index (χ4n) is 1.91. The summed E-state index contributed by atoms with van der Waals surface area (Å²) in [5.74, 6) is 0.733. The van der Waals surface area contributed by atoms with Crippen molar-refractivity contribution in [2.45, 2.75) is 26.7 Å². The highest BCUT2D eigenvalue weighted by molar-refractivity contribution is 5.87. The molecule has 0 N–H and O–H groups in total. The van der Waals surface area contributed by atoms with Crippen LogP contribution in [0.3, 0.4) is 0 Å². The summed E-state index contributed by atoms with van der Waals surface area (Å²) in [4.78, 5) is 16.1. The van der Waals surface area contributed by atoms with Gasteiger partial charge in [0.15, 0.2) is 0 Å². The van der Waals surface area contributed by atoms with E-state index in [1.807, 2.05) is 4.90 Å². The predicted octanol–water partition coefficient (Wildman–Crippen LogP) is 1.75. The minimum absolute atomic E-state index is 0.181. The quantitative estimate of drug-likeness (QED) is 0.679. The summed E-state index contributed by atoms with van der Waals surface area (Å²) in [7, 11) is 2.10. The lowest BCUT2D eigenvalue weighted by Gasteiger charge is -2.31. The van der Waals surface area contributed by atoms with E-state index in [1.165, 1.54) is 0 Å². The zero-order valence-electron chi connectivity index (χ0n) is 10.8. The van der Waals surface area contributed by atoms with Gasteiger partial charge in [-0.1, -0.05) is 19.9 Å². The van der Waals surface area contributed by atoms with E-state index in [0.717, 1.165) is 39.0 Å². The van der Waals surface area contributed by atoms with Gasteiger partial charge in [0.25, 0.3) is 0 Å². The number of hydrogen-bond donors (Lipinski definition) is 0. The highest BCUT2D eigenvalue weighted by Crippen LogP contribution is 2.09. The van der Waals surface area contributed by atoms with Crippen LogP contribution in [0.5, 0.6) is 0 Å². The zero-order valence-corrected chi connectivity index (χ0v) is 10.8. The van der Waals surface area contributed by atoms with Gasteiger partial charge in [-0.05, 0) is 31.9 Å². The molecule has 1 aliphatic heterocycles. The van der Waals surface area contributed by atoms with Gasteiger partial charge in [-0.25, -0.2) is 0 Å². The molecule has 3 nitrogen and oxygen atoms in total. The van der Waals surface area contributed by atoms with Crippen molar-refractivity contribution in [3.05, 3.63) is 12.2 Å². The molecule has 0 radical (unpaired) electrons. The van der Waals surface area contributed by atoms with E-state index in [2.05, 4.69) is 31.9 Å². The number of allylic oxidation sites excluding steroid dienone is 1. The Kier molecular flexibility index (Phi) is 5.53. The summed E-state index contributed by atoms with van der Waals surface area (Å²) >= 11 is 0. The summed E-state index contributed by atoms with van der Waals surface area (Å²) in [5.41, 5.74) is 0. The molecular weight excluding hydrogens is 200 g/mol. The summed E-state index contributed by atoms with van der Waals surface area (Å²) in [6.07, 6.45) is 6.07. The smallest absolute Gasteiger partial charge is 0.246 e. The summed E-state index contributed by atoms with van der Waals surface area (Å²) in [5, 5.41) is 0. The fraction of sp³-hybridized carbons (Fsp3) is 0.769. The maximum absolute atomic E-state index is 11.9. The van der Waals surface area contributed by atoms with Gasteiger partial charge in [-0.15, -0.1) is 0 Å². The number of nitrogens with zero attached hydrogens (tertiary/aromatic N) is 2. The summed E-state index contributed by atoms with van der Waals surface area (Å²) in [6.45, 7) is 8.04. The largest absolute Gasteiger partial charge is 0.337 e. The minimum atomic E-state index is 0.181. The van der Waals surface area contributed by atoms with Gasteiger partial charge in [-0.3, -0.25) is 4.79 Å². The van der Waals surface area contributed by atoms with Gasteiger partial charge >= 0.3 is 0 Å². The number of piperazine rings is 1. The van der Waals surface area contributed by atoms with Crippen LogP contribution in [0.2, 0.25) is 0 Å². The molecule has 92 valence electrons. The first-order valence-electron chi connectivity index (χ1n) is 6.33. The standard InChI is InChI=1S/C13H24N2O/c1-4-12(5-2)6-7-13(16)15-10-8-14(3)9-11-15/h6-7,12H,4-5,8-11H2,1-3H3/b7-6+. The molecule has 1 fully saturated rings. The van der Waals surface area contributed by atoms with E-state index in [0.29, 0.717) is 5.92 Å². The SMILES string of the molecule is CCC(/C=C/C(=O)N1CCN(C)CC1)CC. The molecule has 0 unspecified atom stereocenters. The Balaban J connectivity index is 2.40. The molecule has 1 aliphatic rings. The van der Waals surface area contributed by atoms with Crippen LogP contribution in [0.25, 0.3) is 0 Å². The van der Waals surface area contributed by atoms with E-state index >= 15 is 0 Å². The number of hydrogen-bond acceptors (Lipinski definition) is 2. The molecule has 3 heteroatoms. The number of amides is 1. The third-order valence-electron chi connectivity index (χ3n) is 3.37. The topological polar surface area (TPSA) is 23.6 Å². The molecule has 0 aromatic heterocycles. The highest BCUT2D eigenvalue weighted by Gasteiger charge is 2.16. The molecule has 0 aliphatic carbocycles.